The van der Waals surface area contributed by atoms with Gasteiger partial charge < -0.3 is 9.64 Å². The number of fused-ring (bicyclic) bond motifs is 2. The summed E-state index contributed by atoms with van der Waals surface area (Å²) in [7, 11) is 0. The number of ether oxygens (including phenoxy) is 1. The number of aromatic nitrogens is 2. The van der Waals surface area contributed by atoms with Crippen molar-refractivity contribution >= 4 is 5.91 Å². The number of carbonyl (C=O) groups is 1. The molecule has 3 aliphatic rings. The van der Waals surface area contributed by atoms with Crippen LogP contribution in [0.2, 0.25) is 0 Å². The van der Waals surface area contributed by atoms with Gasteiger partial charge in [0.15, 0.2) is 5.69 Å². The molecule has 0 bridgehead atoms. The van der Waals surface area contributed by atoms with Crippen molar-refractivity contribution < 1.29 is 9.53 Å². The first kappa shape index (κ1) is 19.6. The number of piperazine rings is 1. The molecule has 0 radical (unpaired) electrons. The standard InChI is InChI=1S/C26H28N4O2/c31-26(25-22-7-4-8-23(22)30(27-25)21-5-2-1-3-6-21)29-14-12-28(13-15-29)18-19-9-10-24-20(17-19)11-16-32-24/h1-3,5-6,9-10,17H,4,7-8,11-16,18H2. The Labute approximate surface area is 188 Å². The minimum Gasteiger partial charge on any atom is -0.493 e. The topological polar surface area (TPSA) is 50.6 Å². The molecule has 0 unspecified atom stereocenters. The third-order valence-electron chi connectivity index (χ3n) is 6.95. The van der Waals surface area contributed by atoms with Gasteiger partial charge >= 0.3 is 0 Å². The van der Waals surface area contributed by atoms with Gasteiger partial charge in [-0.05, 0) is 48.6 Å². The molecule has 1 amide bonds. The number of carbonyl (C=O) groups excluding carboxylic acids is 1. The summed E-state index contributed by atoms with van der Waals surface area (Å²) in [5, 5.41) is 4.80. The Bertz CT molecular complexity index is 1150. The molecule has 2 aliphatic heterocycles. The van der Waals surface area contributed by atoms with E-state index in [1.165, 1.54) is 16.8 Å². The Kier molecular flexibility index (Phi) is 4.95. The van der Waals surface area contributed by atoms with E-state index in [0.29, 0.717) is 5.69 Å². The Morgan fingerprint density at radius 2 is 1.81 bits per heavy atom. The van der Waals surface area contributed by atoms with E-state index in [-0.39, 0.29) is 5.91 Å². The van der Waals surface area contributed by atoms with Crippen molar-refractivity contribution in [3.05, 3.63) is 76.6 Å². The van der Waals surface area contributed by atoms with Gasteiger partial charge in [-0.2, -0.15) is 5.10 Å². The summed E-state index contributed by atoms with van der Waals surface area (Å²) < 4.78 is 7.61. The van der Waals surface area contributed by atoms with Crippen LogP contribution in [-0.2, 0) is 25.8 Å². The molecule has 1 fully saturated rings. The van der Waals surface area contributed by atoms with Gasteiger partial charge in [0, 0.05) is 50.4 Å². The first-order valence-electron chi connectivity index (χ1n) is 11.7. The molecular formula is C26H28N4O2. The highest BCUT2D eigenvalue weighted by Crippen LogP contribution is 2.29. The minimum absolute atomic E-state index is 0.0900. The van der Waals surface area contributed by atoms with Crippen LogP contribution in [0, 0.1) is 0 Å². The SMILES string of the molecule is O=C(c1nn(-c2ccccc2)c2c1CCC2)N1CCN(Cc2ccc3c(c2)CCO3)CC1. The molecule has 1 aliphatic carbocycles. The quantitative estimate of drug-likeness (QED) is 0.640. The second-order valence-corrected chi connectivity index (χ2v) is 8.98. The van der Waals surface area contributed by atoms with E-state index < -0.39 is 0 Å². The molecule has 0 atom stereocenters. The van der Waals surface area contributed by atoms with E-state index in [0.717, 1.165) is 82.0 Å². The lowest BCUT2D eigenvalue weighted by Crippen LogP contribution is -2.48. The van der Waals surface area contributed by atoms with Gasteiger partial charge in [0.05, 0.1) is 12.3 Å². The van der Waals surface area contributed by atoms with Crippen molar-refractivity contribution in [1.82, 2.24) is 19.6 Å². The first-order chi connectivity index (χ1) is 15.8. The van der Waals surface area contributed by atoms with Gasteiger partial charge in [0.1, 0.15) is 5.75 Å². The number of hydrogen-bond acceptors (Lipinski definition) is 4. The second-order valence-electron chi connectivity index (χ2n) is 8.98. The van der Waals surface area contributed by atoms with E-state index in [1.807, 2.05) is 27.8 Å². The summed E-state index contributed by atoms with van der Waals surface area (Å²) >= 11 is 0. The zero-order valence-electron chi connectivity index (χ0n) is 18.3. The summed E-state index contributed by atoms with van der Waals surface area (Å²) in [6.45, 7) is 5.00. The molecule has 2 aromatic carbocycles. The molecule has 3 heterocycles. The molecule has 0 N–H and O–H groups in total. The van der Waals surface area contributed by atoms with Crippen LogP contribution in [0.3, 0.4) is 0 Å². The average molecular weight is 429 g/mol. The summed E-state index contributed by atoms with van der Waals surface area (Å²) in [4.78, 5) is 17.8. The number of amides is 1. The van der Waals surface area contributed by atoms with Crippen molar-refractivity contribution in [2.75, 3.05) is 32.8 Å². The highest BCUT2D eigenvalue weighted by molar-refractivity contribution is 5.94. The minimum atomic E-state index is 0.0900. The fourth-order valence-electron chi connectivity index (χ4n) is 5.25. The van der Waals surface area contributed by atoms with Crippen LogP contribution in [0.4, 0.5) is 0 Å². The predicted octanol–water partition coefficient (Wildman–Crippen LogP) is 3.25. The third-order valence-corrected chi connectivity index (χ3v) is 6.95. The molecule has 164 valence electrons. The van der Waals surface area contributed by atoms with E-state index in [1.54, 1.807) is 0 Å². The van der Waals surface area contributed by atoms with Crippen LogP contribution in [0.15, 0.2) is 48.5 Å². The van der Waals surface area contributed by atoms with E-state index in [9.17, 15) is 4.79 Å². The van der Waals surface area contributed by atoms with E-state index in [4.69, 9.17) is 9.84 Å². The number of para-hydroxylation sites is 1. The lowest BCUT2D eigenvalue weighted by Gasteiger charge is -2.34. The van der Waals surface area contributed by atoms with Crippen LogP contribution in [0.1, 0.15) is 39.3 Å². The monoisotopic (exact) mass is 428 g/mol. The zero-order chi connectivity index (χ0) is 21.5. The normalized spacial score (nSPS) is 17.8. The van der Waals surface area contributed by atoms with Gasteiger partial charge in [0.2, 0.25) is 0 Å². The maximum absolute atomic E-state index is 13.4. The number of rotatable bonds is 4. The third kappa shape index (κ3) is 3.48. The lowest BCUT2D eigenvalue weighted by molar-refractivity contribution is 0.0621. The summed E-state index contributed by atoms with van der Waals surface area (Å²) in [6, 6.07) is 16.7. The van der Waals surface area contributed by atoms with Crippen LogP contribution in [0.5, 0.6) is 5.75 Å². The van der Waals surface area contributed by atoms with Gasteiger partial charge in [0.25, 0.3) is 5.91 Å². The average Bonchev–Trinajstić information content (AvgIpc) is 3.56. The van der Waals surface area contributed by atoms with Crippen molar-refractivity contribution in [3.8, 4) is 11.4 Å². The second kappa shape index (κ2) is 8.10. The molecule has 6 rings (SSSR count). The maximum Gasteiger partial charge on any atom is 0.274 e. The summed E-state index contributed by atoms with van der Waals surface area (Å²) in [5.41, 5.74) is 6.70. The Hall–Kier alpha value is -3.12. The van der Waals surface area contributed by atoms with Gasteiger partial charge in [-0.1, -0.05) is 30.3 Å². The van der Waals surface area contributed by atoms with Gasteiger partial charge in [-0.3, -0.25) is 9.69 Å². The fourth-order valence-corrected chi connectivity index (χ4v) is 5.25. The number of benzene rings is 2. The smallest absolute Gasteiger partial charge is 0.274 e. The van der Waals surface area contributed by atoms with Crippen molar-refractivity contribution in [2.24, 2.45) is 0 Å². The maximum atomic E-state index is 13.4. The van der Waals surface area contributed by atoms with Crippen molar-refractivity contribution in [3.63, 3.8) is 0 Å². The lowest BCUT2D eigenvalue weighted by atomic mass is 10.1. The molecule has 1 aromatic heterocycles. The first-order valence-corrected chi connectivity index (χ1v) is 11.7. The Morgan fingerprint density at radius 3 is 2.66 bits per heavy atom. The Morgan fingerprint density at radius 1 is 0.969 bits per heavy atom. The van der Waals surface area contributed by atoms with Crippen molar-refractivity contribution in [1.29, 1.82) is 0 Å². The van der Waals surface area contributed by atoms with Gasteiger partial charge in [-0.15, -0.1) is 0 Å². The van der Waals surface area contributed by atoms with E-state index >= 15 is 0 Å². The van der Waals surface area contributed by atoms with Crippen LogP contribution in [-0.4, -0.2) is 58.3 Å². The molecular weight excluding hydrogens is 400 g/mol. The van der Waals surface area contributed by atoms with Crippen LogP contribution >= 0.6 is 0 Å². The van der Waals surface area contributed by atoms with Crippen molar-refractivity contribution in [2.45, 2.75) is 32.2 Å². The summed E-state index contributed by atoms with van der Waals surface area (Å²) in [6.07, 6.45) is 4.04. The van der Waals surface area contributed by atoms with Crippen LogP contribution < -0.4 is 4.74 Å². The molecule has 0 spiro atoms. The van der Waals surface area contributed by atoms with Gasteiger partial charge in [-0.25, -0.2) is 4.68 Å². The molecule has 0 saturated carbocycles. The fraction of sp³-hybridized carbons (Fsp3) is 0.385. The predicted molar refractivity (Wildman–Crippen MR) is 122 cm³/mol. The molecule has 32 heavy (non-hydrogen) atoms. The Balaban J connectivity index is 1.14. The number of hydrogen-bond donors (Lipinski definition) is 0. The molecule has 6 nitrogen and oxygen atoms in total. The molecule has 1 saturated heterocycles. The number of nitrogens with zero attached hydrogens (tertiary/aromatic N) is 4. The zero-order valence-corrected chi connectivity index (χ0v) is 18.3. The van der Waals surface area contributed by atoms with E-state index in [2.05, 4.69) is 35.2 Å². The van der Waals surface area contributed by atoms with Crippen LogP contribution in [0.25, 0.3) is 5.69 Å². The largest absolute Gasteiger partial charge is 0.493 e. The molecule has 3 aromatic rings. The molecule has 6 heteroatoms. The summed E-state index contributed by atoms with van der Waals surface area (Å²) in [5.74, 6) is 1.12. The highest BCUT2D eigenvalue weighted by atomic mass is 16.5. The highest BCUT2D eigenvalue weighted by Gasteiger charge is 2.31.